The summed E-state index contributed by atoms with van der Waals surface area (Å²) in [6, 6.07) is 12.4. The van der Waals surface area contributed by atoms with E-state index >= 15 is 0 Å². The van der Waals surface area contributed by atoms with Crippen molar-refractivity contribution in [2.45, 2.75) is 0 Å². The molecule has 8 aromatic carbocycles. The Balaban J connectivity index is 1.31. The van der Waals surface area contributed by atoms with Crippen molar-refractivity contribution in [2.24, 2.45) is 0 Å². The highest BCUT2D eigenvalue weighted by Crippen LogP contribution is 2.39. The lowest BCUT2D eigenvalue weighted by Gasteiger charge is -2.16. The van der Waals surface area contributed by atoms with Gasteiger partial charge >= 0.3 is 0 Å². The van der Waals surface area contributed by atoms with Gasteiger partial charge in [-0.25, -0.2) is 29.9 Å². The van der Waals surface area contributed by atoms with Crippen LogP contribution in [0, 0.1) is 0 Å². The fourth-order valence-corrected chi connectivity index (χ4v) is 6.99. The molecule has 0 bridgehead atoms. The van der Waals surface area contributed by atoms with Gasteiger partial charge in [-0.1, -0.05) is 182 Å². The van der Waals surface area contributed by atoms with Crippen molar-refractivity contribution >= 4 is 21.8 Å². The van der Waals surface area contributed by atoms with Crippen molar-refractivity contribution in [1.29, 1.82) is 0 Å². The first-order valence-electron chi connectivity index (χ1n) is 28.6. The third-order valence-corrected chi connectivity index (χ3v) is 9.68. The van der Waals surface area contributed by atoms with E-state index in [1.807, 2.05) is 77.4 Å². The van der Waals surface area contributed by atoms with Gasteiger partial charge in [0.25, 0.3) is 0 Å². The maximum atomic E-state index is 9.02. The van der Waals surface area contributed by atoms with Crippen molar-refractivity contribution in [2.75, 3.05) is 0 Å². The van der Waals surface area contributed by atoms with Gasteiger partial charge in [0.05, 0.1) is 44.1 Å². The smallest absolute Gasteiger partial charge is 0.166 e. The van der Waals surface area contributed by atoms with Gasteiger partial charge in [-0.2, -0.15) is 0 Å². The van der Waals surface area contributed by atoms with Crippen LogP contribution in [-0.2, 0) is 0 Å². The second kappa shape index (κ2) is 15.4. The first-order valence-corrected chi connectivity index (χ1v) is 18.6. The highest BCUT2D eigenvalue weighted by atomic mass is 15.1. The van der Waals surface area contributed by atoms with Gasteiger partial charge in [0, 0.05) is 44.2 Å². The molecule has 0 saturated carbocycles. The molecule has 0 radical (unpaired) electrons. The van der Waals surface area contributed by atoms with Gasteiger partial charge in [-0.15, -0.1) is 0 Å². The maximum Gasteiger partial charge on any atom is 0.166 e. The maximum absolute atomic E-state index is 9.02. The van der Waals surface area contributed by atoms with Crippen LogP contribution in [0.1, 0.15) is 27.4 Å². The molecular formula is C54H35N7. The molecule has 3 aromatic heterocycles. The van der Waals surface area contributed by atoms with Gasteiger partial charge in [0.15, 0.2) is 34.9 Å². The summed E-state index contributed by atoms with van der Waals surface area (Å²) in [6.07, 6.45) is 0. The van der Waals surface area contributed by atoms with Gasteiger partial charge in [-0.3, -0.25) is 0 Å². The van der Waals surface area contributed by atoms with E-state index in [1.54, 1.807) is 6.07 Å². The number of benzene rings is 8. The zero-order valence-corrected chi connectivity index (χ0v) is 31.3. The summed E-state index contributed by atoms with van der Waals surface area (Å²) in [5.74, 6) is -3.01. The first-order chi connectivity index (χ1) is 38.5. The van der Waals surface area contributed by atoms with Crippen LogP contribution < -0.4 is 0 Å². The van der Waals surface area contributed by atoms with Gasteiger partial charge in [0.2, 0.25) is 0 Å². The molecule has 0 atom stereocenters. The number of hydrogen-bond acceptors (Lipinski definition) is 6. The predicted octanol–water partition coefficient (Wildman–Crippen LogP) is 12.8. The van der Waals surface area contributed by atoms with Crippen LogP contribution in [0.5, 0.6) is 0 Å². The molecule has 11 aromatic rings. The largest absolute Gasteiger partial charge is 0.308 e. The quantitative estimate of drug-likeness (QED) is 0.152. The van der Waals surface area contributed by atoms with Crippen LogP contribution in [0.3, 0.4) is 0 Å². The molecule has 0 aliphatic carbocycles. The summed E-state index contributed by atoms with van der Waals surface area (Å²) in [5, 5.41) is 1.56. The fraction of sp³-hybridized carbons (Fsp3) is 0. The minimum atomic E-state index is -0.765. The van der Waals surface area contributed by atoms with E-state index in [0.29, 0.717) is 11.0 Å². The topological polar surface area (TPSA) is 82.3 Å². The molecule has 61 heavy (non-hydrogen) atoms. The van der Waals surface area contributed by atoms with E-state index in [0.717, 1.165) is 21.9 Å². The summed E-state index contributed by atoms with van der Waals surface area (Å²) in [6.45, 7) is 0. The lowest BCUT2D eigenvalue weighted by Crippen LogP contribution is -2.05. The van der Waals surface area contributed by atoms with E-state index in [-0.39, 0.29) is 28.5 Å². The summed E-state index contributed by atoms with van der Waals surface area (Å²) in [5.41, 5.74) is 1.07. The van der Waals surface area contributed by atoms with Gasteiger partial charge in [-0.05, 0) is 41.5 Å². The third-order valence-electron chi connectivity index (χ3n) is 9.68. The molecule has 3 heterocycles. The lowest BCUT2D eigenvalue weighted by atomic mass is 10.0. The van der Waals surface area contributed by atoms with Gasteiger partial charge < -0.3 is 4.57 Å². The Morgan fingerprint density at radius 1 is 0.311 bits per heavy atom. The van der Waals surface area contributed by atoms with Crippen LogP contribution in [0.2, 0.25) is 0 Å². The number of aromatic nitrogens is 7. The highest BCUT2D eigenvalue weighted by Gasteiger charge is 2.22. The fourth-order valence-electron chi connectivity index (χ4n) is 6.99. The Labute approximate surface area is 380 Å². The molecule has 0 aliphatic heterocycles. The van der Waals surface area contributed by atoms with Crippen LogP contribution in [-0.4, -0.2) is 34.5 Å². The van der Waals surface area contributed by atoms with Crippen LogP contribution in [0.25, 0.3) is 107 Å². The van der Waals surface area contributed by atoms with Crippen LogP contribution in [0.4, 0.5) is 0 Å². The molecule has 0 saturated heterocycles. The minimum absolute atomic E-state index is 0.000897. The number of fused-ring (bicyclic) bond motifs is 3. The summed E-state index contributed by atoms with van der Waals surface area (Å²) in [7, 11) is 0. The zero-order chi connectivity index (χ0) is 57.9. The highest BCUT2D eigenvalue weighted by molar-refractivity contribution is 6.10. The minimum Gasteiger partial charge on any atom is -0.308 e. The van der Waals surface area contributed by atoms with Crippen molar-refractivity contribution < 1.29 is 27.4 Å². The summed E-state index contributed by atoms with van der Waals surface area (Å²) >= 11 is 0. The van der Waals surface area contributed by atoms with E-state index < -0.39 is 166 Å². The Kier molecular flexibility index (Phi) is 5.18. The summed E-state index contributed by atoms with van der Waals surface area (Å²) < 4.78 is 175. The molecule has 0 fully saturated rings. The van der Waals surface area contributed by atoms with E-state index in [9.17, 15) is 0 Å². The lowest BCUT2D eigenvalue weighted by molar-refractivity contribution is 1.06. The predicted molar refractivity (Wildman–Crippen MR) is 246 cm³/mol. The molecule has 7 nitrogen and oxygen atoms in total. The Morgan fingerprint density at radius 2 is 0.738 bits per heavy atom. The molecule has 0 N–H and O–H groups in total. The number of hydrogen-bond donors (Lipinski definition) is 0. The average molecular weight is 802 g/mol. The van der Waals surface area contributed by atoms with E-state index in [4.69, 9.17) is 37.4 Å². The number of nitrogens with zero attached hydrogens (tertiary/aromatic N) is 7. The van der Waals surface area contributed by atoms with Gasteiger partial charge in [0.1, 0.15) is 0 Å². The number of para-hydroxylation sites is 1. The van der Waals surface area contributed by atoms with Crippen molar-refractivity contribution in [3.63, 3.8) is 0 Å². The molecule has 7 heteroatoms. The van der Waals surface area contributed by atoms with Crippen molar-refractivity contribution in [1.82, 2.24) is 34.5 Å². The molecular weight excluding hydrogens is 747 g/mol. The Bertz CT molecular complexity index is 4260. The molecule has 11 rings (SSSR count). The zero-order valence-electron chi connectivity index (χ0n) is 51.3. The molecule has 286 valence electrons. The van der Waals surface area contributed by atoms with Crippen LogP contribution in [0.15, 0.2) is 212 Å². The molecule has 0 amide bonds. The average Bonchev–Trinajstić information content (AvgIpc) is 3.54. The SMILES string of the molecule is [2H]c1c([2H])c([2H])c(-c2nc(-c3ccc(-n4c5ccccc5c5ccc(-c6ccccc6)cc54)c(-c4nc(-c5c([2H])c([2H])c([2H])c([2H])c5[2H])nc(-c5c([2H])c([2H])c([2H])c([2H])c5[2H])n4)c3)nc(-c3c([2H])c([2H])c([2H])c([2H])c3[2H])n2)c([2H])c1[2H]. The Hall–Kier alpha value is -8.42. The van der Waals surface area contributed by atoms with E-state index in [2.05, 4.69) is 19.9 Å². The summed E-state index contributed by atoms with van der Waals surface area (Å²) in [4.78, 5) is 27.8. The van der Waals surface area contributed by atoms with Crippen molar-refractivity contribution in [3.05, 3.63) is 212 Å². The normalized spacial score (nSPS) is 15.9. The standard InChI is InChI=1S/C54H35N7/c1-6-18-36(19-7-1)41-30-32-44-43-28-16-17-29-46(43)61(48(44)35-41)47-33-31-42(53-57-49(37-20-8-2-9-21-37)55-50(58-53)38-22-10-3-11-23-38)34-45(47)54-59-51(39-24-12-4-13-25-39)56-52(60-54)40-26-14-5-15-27-40/h1-35H/i2D,3D,4D,5D,8D,9D,10D,11D,12D,13D,14D,15D,20D,21D,22D,23D,24D,25D,26D,27D. The monoisotopic (exact) mass is 801 g/mol. The second-order valence-corrected chi connectivity index (χ2v) is 13.3. The third kappa shape index (κ3) is 6.80. The van der Waals surface area contributed by atoms with Crippen LogP contribution >= 0.6 is 0 Å². The molecule has 0 spiro atoms. The molecule has 0 unspecified atom stereocenters. The Morgan fingerprint density at radius 3 is 1.26 bits per heavy atom. The number of rotatable bonds is 8. The first kappa shape index (κ1) is 20.5. The van der Waals surface area contributed by atoms with Crippen molar-refractivity contribution in [3.8, 4) is 85.1 Å². The van der Waals surface area contributed by atoms with E-state index in [1.165, 1.54) is 12.1 Å². The second-order valence-electron chi connectivity index (χ2n) is 13.3. The molecule has 0 aliphatic rings.